The maximum atomic E-state index is 12.8. The minimum Gasteiger partial charge on any atom is -0.490 e. The molecular formula is C23H20N2O4. The van der Waals surface area contributed by atoms with Crippen LogP contribution in [0.5, 0.6) is 11.5 Å². The Balaban J connectivity index is 1.88. The molecule has 6 nitrogen and oxygen atoms in total. The van der Waals surface area contributed by atoms with Crippen LogP contribution in [0.25, 0.3) is 6.08 Å². The molecule has 0 aliphatic carbocycles. The summed E-state index contributed by atoms with van der Waals surface area (Å²) in [7, 11) is 0. The van der Waals surface area contributed by atoms with Crippen LogP contribution in [0.1, 0.15) is 29.8 Å². The molecule has 0 atom stereocenters. The van der Waals surface area contributed by atoms with E-state index in [2.05, 4.69) is 11.0 Å². The van der Waals surface area contributed by atoms with Crippen LogP contribution < -0.4 is 9.47 Å². The van der Waals surface area contributed by atoms with Gasteiger partial charge in [0.1, 0.15) is 6.61 Å². The largest absolute Gasteiger partial charge is 0.490 e. The highest BCUT2D eigenvalue weighted by atomic mass is 16.5. The maximum Gasteiger partial charge on any atom is 0.283 e. The highest BCUT2D eigenvalue weighted by Crippen LogP contribution is 2.30. The lowest BCUT2D eigenvalue weighted by Crippen LogP contribution is -2.29. The van der Waals surface area contributed by atoms with Crippen molar-refractivity contribution < 1.29 is 19.1 Å². The number of hydrazone groups is 1. The van der Waals surface area contributed by atoms with Crippen LogP contribution in [-0.4, -0.2) is 35.7 Å². The molecule has 0 aromatic heterocycles. The monoisotopic (exact) mass is 388 g/mol. The minimum atomic E-state index is -0.470. The normalized spacial score (nSPS) is 14.5. The number of nitrogens with zero attached hydrogens (tertiary/aromatic N) is 2. The van der Waals surface area contributed by atoms with E-state index in [1.165, 1.54) is 0 Å². The Kier molecular flexibility index (Phi) is 6.10. The number of benzene rings is 2. The average Bonchev–Trinajstić information content (AvgIpc) is 3.02. The molecule has 2 amide bonds. The van der Waals surface area contributed by atoms with Crippen LogP contribution in [0.2, 0.25) is 0 Å². The summed E-state index contributed by atoms with van der Waals surface area (Å²) in [6.45, 7) is 4.13. The van der Waals surface area contributed by atoms with Crippen molar-refractivity contribution in [3.05, 3.63) is 65.2 Å². The molecule has 0 radical (unpaired) electrons. The van der Waals surface area contributed by atoms with Crippen LogP contribution in [0.3, 0.4) is 0 Å². The molecule has 1 aliphatic heterocycles. The number of carbonyl (C=O) groups excluding carboxylic acids is 2. The molecule has 146 valence electrons. The van der Waals surface area contributed by atoms with Crippen molar-refractivity contribution in [2.24, 2.45) is 5.10 Å². The van der Waals surface area contributed by atoms with Gasteiger partial charge < -0.3 is 9.47 Å². The number of amides is 2. The second-order valence-corrected chi connectivity index (χ2v) is 6.16. The Hall–Kier alpha value is -3.85. The van der Waals surface area contributed by atoms with E-state index in [1.54, 1.807) is 61.5 Å². The van der Waals surface area contributed by atoms with Crippen LogP contribution in [0.4, 0.5) is 0 Å². The van der Waals surface area contributed by atoms with E-state index in [1.807, 2.05) is 6.92 Å². The van der Waals surface area contributed by atoms with Crippen molar-refractivity contribution in [1.82, 2.24) is 5.01 Å². The van der Waals surface area contributed by atoms with E-state index < -0.39 is 11.8 Å². The number of hydrogen-bond acceptors (Lipinski definition) is 5. The van der Waals surface area contributed by atoms with Crippen molar-refractivity contribution in [3.8, 4) is 23.8 Å². The molecule has 1 heterocycles. The Morgan fingerprint density at radius 1 is 1.17 bits per heavy atom. The summed E-state index contributed by atoms with van der Waals surface area (Å²) in [6, 6.07) is 13.8. The summed E-state index contributed by atoms with van der Waals surface area (Å²) in [4.78, 5) is 25.4. The Bertz CT molecular complexity index is 1030. The van der Waals surface area contributed by atoms with Gasteiger partial charge in [-0.15, -0.1) is 6.42 Å². The van der Waals surface area contributed by atoms with E-state index in [-0.39, 0.29) is 6.61 Å². The Labute approximate surface area is 169 Å². The number of rotatable bonds is 6. The highest BCUT2D eigenvalue weighted by Gasteiger charge is 2.32. The summed E-state index contributed by atoms with van der Waals surface area (Å²) in [5, 5.41) is 5.04. The number of imide groups is 1. The second kappa shape index (κ2) is 8.89. The molecule has 0 N–H and O–H groups in total. The first-order valence-corrected chi connectivity index (χ1v) is 9.09. The van der Waals surface area contributed by atoms with Crippen molar-refractivity contribution >= 4 is 23.6 Å². The lowest BCUT2D eigenvalue weighted by atomic mass is 10.1. The zero-order chi connectivity index (χ0) is 20.8. The molecule has 0 bridgehead atoms. The van der Waals surface area contributed by atoms with Crippen LogP contribution in [0, 0.1) is 12.3 Å². The third-order valence-corrected chi connectivity index (χ3v) is 4.17. The zero-order valence-corrected chi connectivity index (χ0v) is 16.2. The molecular weight excluding hydrogens is 368 g/mol. The van der Waals surface area contributed by atoms with Gasteiger partial charge in [-0.1, -0.05) is 30.2 Å². The average molecular weight is 388 g/mol. The van der Waals surface area contributed by atoms with Crippen molar-refractivity contribution in [3.63, 3.8) is 0 Å². The fraction of sp³-hybridized carbons (Fsp3) is 0.174. The predicted molar refractivity (Wildman–Crippen MR) is 111 cm³/mol. The third-order valence-electron chi connectivity index (χ3n) is 4.17. The fourth-order valence-electron chi connectivity index (χ4n) is 2.81. The first-order chi connectivity index (χ1) is 14.0. The molecule has 2 aromatic carbocycles. The van der Waals surface area contributed by atoms with Gasteiger partial charge in [0.05, 0.1) is 17.9 Å². The van der Waals surface area contributed by atoms with E-state index >= 15 is 0 Å². The van der Waals surface area contributed by atoms with Gasteiger partial charge >= 0.3 is 0 Å². The van der Waals surface area contributed by atoms with E-state index in [0.29, 0.717) is 40.5 Å². The van der Waals surface area contributed by atoms with Crippen molar-refractivity contribution in [2.45, 2.75) is 13.8 Å². The molecule has 2 aromatic rings. The third kappa shape index (κ3) is 4.36. The summed E-state index contributed by atoms with van der Waals surface area (Å²) in [5.74, 6) is 2.52. The van der Waals surface area contributed by atoms with E-state index in [4.69, 9.17) is 15.9 Å². The molecule has 1 aliphatic rings. The predicted octanol–water partition coefficient (Wildman–Crippen LogP) is 3.54. The van der Waals surface area contributed by atoms with E-state index in [9.17, 15) is 9.59 Å². The van der Waals surface area contributed by atoms with Gasteiger partial charge in [-0.25, -0.2) is 0 Å². The molecule has 3 rings (SSSR count). The maximum absolute atomic E-state index is 12.8. The SMILES string of the molecule is C#CCOc1ccc(/C=C2/C(=O)N(C(=O)c3ccccc3)N=C2C)cc1OCC. The lowest BCUT2D eigenvalue weighted by Gasteiger charge is -2.11. The standard InChI is InChI=1S/C23H20N2O4/c1-4-13-29-20-12-11-17(15-21(20)28-5-2)14-19-16(3)24-25(23(19)27)22(26)18-9-7-6-8-10-18/h1,6-12,14-15H,5,13H2,2-3H3/b19-14+. The van der Waals surface area contributed by atoms with Gasteiger partial charge in [0.2, 0.25) is 0 Å². The topological polar surface area (TPSA) is 68.2 Å². The molecule has 0 fully saturated rings. The van der Waals surface area contributed by atoms with Crippen LogP contribution in [-0.2, 0) is 4.79 Å². The van der Waals surface area contributed by atoms with E-state index in [0.717, 1.165) is 5.01 Å². The van der Waals surface area contributed by atoms with Gasteiger partial charge in [0.15, 0.2) is 11.5 Å². The summed E-state index contributed by atoms with van der Waals surface area (Å²) in [5.41, 5.74) is 1.92. The second-order valence-electron chi connectivity index (χ2n) is 6.16. The summed E-state index contributed by atoms with van der Waals surface area (Å²) < 4.78 is 11.1. The Morgan fingerprint density at radius 2 is 1.93 bits per heavy atom. The minimum absolute atomic E-state index is 0.126. The lowest BCUT2D eigenvalue weighted by molar-refractivity contribution is -0.123. The smallest absolute Gasteiger partial charge is 0.283 e. The van der Waals surface area contributed by atoms with Gasteiger partial charge in [-0.3, -0.25) is 9.59 Å². The number of ether oxygens (including phenoxy) is 2. The van der Waals surface area contributed by atoms with Crippen molar-refractivity contribution in [2.75, 3.05) is 13.2 Å². The molecule has 0 saturated heterocycles. The molecule has 29 heavy (non-hydrogen) atoms. The summed E-state index contributed by atoms with van der Waals surface area (Å²) in [6.07, 6.45) is 6.91. The molecule has 6 heteroatoms. The summed E-state index contributed by atoms with van der Waals surface area (Å²) >= 11 is 0. The molecule has 0 saturated carbocycles. The van der Waals surface area contributed by atoms with Gasteiger partial charge in [0.25, 0.3) is 11.8 Å². The molecule has 0 unspecified atom stereocenters. The number of hydrogen-bond donors (Lipinski definition) is 0. The van der Waals surface area contributed by atoms with Gasteiger partial charge in [0, 0.05) is 5.56 Å². The fourth-order valence-corrected chi connectivity index (χ4v) is 2.81. The van der Waals surface area contributed by atoms with Crippen LogP contribution >= 0.6 is 0 Å². The number of terminal acetylenes is 1. The molecule has 0 spiro atoms. The number of carbonyl (C=O) groups is 2. The highest BCUT2D eigenvalue weighted by molar-refractivity contribution is 6.30. The first kappa shape index (κ1) is 19.9. The zero-order valence-electron chi connectivity index (χ0n) is 16.2. The Morgan fingerprint density at radius 3 is 2.62 bits per heavy atom. The first-order valence-electron chi connectivity index (χ1n) is 9.09. The van der Waals surface area contributed by atoms with Gasteiger partial charge in [-0.05, 0) is 49.8 Å². The quantitative estimate of drug-likeness (QED) is 0.431. The van der Waals surface area contributed by atoms with Crippen LogP contribution in [0.15, 0.2) is 59.2 Å². The van der Waals surface area contributed by atoms with Crippen molar-refractivity contribution in [1.29, 1.82) is 0 Å². The van der Waals surface area contributed by atoms with Gasteiger partial charge in [-0.2, -0.15) is 10.1 Å².